The summed E-state index contributed by atoms with van der Waals surface area (Å²) in [5.41, 5.74) is 1.40. The van der Waals surface area contributed by atoms with Crippen LogP contribution in [-0.2, 0) is 7.05 Å². The zero-order valence-corrected chi connectivity index (χ0v) is 15.7. The van der Waals surface area contributed by atoms with E-state index in [-0.39, 0.29) is 5.91 Å². The SMILES string of the molecule is CCCCOc1cccc(C(=O)N=c2sc3cccc(Cl)c3n2C)c1. The highest BCUT2D eigenvalue weighted by Crippen LogP contribution is 2.24. The second-order valence-corrected chi connectivity index (χ2v) is 7.09. The minimum Gasteiger partial charge on any atom is -0.494 e. The maximum absolute atomic E-state index is 12.5. The van der Waals surface area contributed by atoms with Crippen LogP contribution in [0.15, 0.2) is 47.5 Å². The summed E-state index contributed by atoms with van der Waals surface area (Å²) < 4.78 is 8.51. The van der Waals surface area contributed by atoms with Crippen molar-refractivity contribution in [2.75, 3.05) is 6.61 Å². The average Bonchev–Trinajstić information content (AvgIpc) is 2.92. The molecule has 0 aliphatic carbocycles. The lowest BCUT2D eigenvalue weighted by Crippen LogP contribution is -2.13. The minimum absolute atomic E-state index is 0.292. The number of halogens is 1. The molecule has 3 aromatic rings. The van der Waals surface area contributed by atoms with Crippen LogP contribution in [0.5, 0.6) is 5.75 Å². The van der Waals surface area contributed by atoms with Crippen LogP contribution >= 0.6 is 22.9 Å². The highest BCUT2D eigenvalue weighted by molar-refractivity contribution is 7.16. The Hall–Kier alpha value is -2.11. The Morgan fingerprint density at radius 2 is 2.08 bits per heavy atom. The molecule has 1 amide bonds. The van der Waals surface area contributed by atoms with Crippen LogP contribution in [0.1, 0.15) is 30.1 Å². The van der Waals surface area contributed by atoms with Crippen molar-refractivity contribution < 1.29 is 9.53 Å². The van der Waals surface area contributed by atoms with Crippen LogP contribution in [0, 0.1) is 0 Å². The molecule has 0 radical (unpaired) electrons. The van der Waals surface area contributed by atoms with Gasteiger partial charge in [-0.05, 0) is 36.8 Å². The molecule has 0 atom stereocenters. The van der Waals surface area contributed by atoms with Gasteiger partial charge in [0, 0.05) is 12.6 Å². The lowest BCUT2D eigenvalue weighted by molar-refractivity contribution is 0.0997. The molecule has 0 saturated carbocycles. The Kier molecular flexibility index (Phi) is 5.56. The Balaban J connectivity index is 1.92. The van der Waals surface area contributed by atoms with Gasteiger partial charge in [-0.15, -0.1) is 0 Å². The number of benzene rings is 2. The van der Waals surface area contributed by atoms with Gasteiger partial charge in [-0.1, -0.05) is 48.4 Å². The third-order valence-corrected chi connectivity index (χ3v) is 5.22. The maximum atomic E-state index is 12.5. The number of nitrogens with zero attached hydrogens (tertiary/aromatic N) is 2. The van der Waals surface area contributed by atoms with Gasteiger partial charge in [-0.25, -0.2) is 0 Å². The first-order valence-electron chi connectivity index (χ1n) is 8.16. The summed E-state index contributed by atoms with van der Waals surface area (Å²) >= 11 is 7.69. The number of hydrogen-bond acceptors (Lipinski definition) is 3. The fraction of sp³-hybridized carbons (Fsp3) is 0.263. The number of aryl methyl sites for hydroxylation is 1. The van der Waals surface area contributed by atoms with Gasteiger partial charge in [0.15, 0.2) is 4.80 Å². The predicted molar refractivity (Wildman–Crippen MR) is 103 cm³/mol. The first kappa shape index (κ1) is 17.7. The molecule has 0 spiro atoms. The predicted octanol–water partition coefficient (Wildman–Crippen LogP) is 4.81. The molecular formula is C19H19ClN2O2S. The van der Waals surface area contributed by atoms with E-state index in [2.05, 4.69) is 11.9 Å². The summed E-state index contributed by atoms with van der Waals surface area (Å²) in [5, 5.41) is 0.650. The highest BCUT2D eigenvalue weighted by Gasteiger charge is 2.10. The quantitative estimate of drug-likeness (QED) is 0.601. The van der Waals surface area contributed by atoms with Crippen LogP contribution < -0.4 is 9.54 Å². The van der Waals surface area contributed by atoms with E-state index in [0.717, 1.165) is 23.1 Å². The lowest BCUT2D eigenvalue weighted by Gasteiger charge is -2.05. The van der Waals surface area contributed by atoms with Gasteiger partial charge in [0.2, 0.25) is 0 Å². The Bertz CT molecular complexity index is 975. The number of unbranched alkanes of at least 4 members (excludes halogenated alkanes) is 1. The number of fused-ring (bicyclic) bond motifs is 1. The number of rotatable bonds is 5. The zero-order chi connectivity index (χ0) is 17.8. The van der Waals surface area contributed by atoms with E-state index in [1.165, 1.54) is 11.3 Å². The summed E-state index contributed by atoms with van der Waals surface area (Å²) in [6.45, 7) is 2.76. The second-order valence-electron chi connectivity index (χ2n) is 5.68. The first-order valence-corrected chi connectivity index (χ1v) is 9.35. The van der Waals surface area contributed by atoms with Gasteiger partial charge in [0.05, 0.1) is 21.8 Å². The molecule has 130 valence electrons. The second kappa shape index (κ2) is 7.85. The van der Waals surface area contributed by atoms with Crippen molar-refractivity contribution in [1.82, 2.24) is 4.57 Å². The van der Waals surface area contributed by atoms with Crippen LogP contribution in [0.3, 0.4) is 0 Å². The number of amides is 1. The third kappa shape index (κ3) is 3.94. The zero-order valence-electron chi connectivity index (χ0n) is 14.2. The van der Waals surface area contributed by atoms with Crippen molar-refractivity contribution in [1.29, 1.82) is 0 Å². The number of carbonyl (C=O) groups is 1. The summed E-state index contributed by atoms with van der Waals surface area (Å²) in [6, 6.07) is 12.8. The number of ether oxygens (including phenoxy) is 1. The normalized spacial score (nSPS) is 11.9. The smallest absolute Gasteiger partial charge is 0.279 e. The molecule has 0 aliphatic heterocycles. The van der Waals surface area contributed by atoms with Gasteiger partial charge in [-0.3, -0.25) is 4.79 Å². The van der Waals surface area contributed by atoms with Crippen molar-refractivity contribution in [3.8, 4) is 5.75 Å². The fourth-order valence-electron chi connectivity index (χ4n) is 2.47. The largest absolute Gasteiger partial charge is 0.494 e. The van der Waals surface area contributed by atoms with E-state index < -0.39 is 0 Å². The number of carbonyl (C=O) groups excluding carboxylic acids is 1. The van der Waals surface area contributed by atoms with E-state index in [4.69, 9.17) is 16.3 Å². The summed E-state index contributed by atoms with van der Waals surface area (Å²) in [6.07, 6.45) is 2.06. The van der Waals surface area contributed by atoms with Crippen LogP contribution in [-0.4, -0.2) is 17.1 Å². The maximum Gasteiger partial charge on any atom is 0.279 e. The Morgan fingerprint density at radius 3 is 2.84 bits per heavy atom. The minimum atomic E-state index is -0.292. The molecule has 0 unspecified atom stereocenters. The monoisotopic (exact) mass is 374 g/mol. The molecule has 0 aliphatic rings. The molecule has 6 heteroatoms. The highest BCUT2D eigenvalue weighted by atomic mass is 35.5. The summed E-state index contributed by atoms with van der Waals surface area (Å²) in [7, 11) is 1.86. The molecule has 0 saturated heterocycles. The van der Waals surface area contributed by atoms with Gasteiger partial charge in [-0.2, -0.15) is 4.99 Å². The number of aromatic nitrogens is 1. The van der Waals surface area contributed by atoms with E-state index in [1.54, 1.807) is 12.1 Å². The molecule has 3 rings (SSSR count). The van der Waals surface area contributed by atoms with Gasteiger partial charge in [0.25, 0.3) is 5.91 Å². The standard InChI is InChI=1S/C19H19ClN2O2S/c1-3-4-11-24-14-8-5-7-13(12-14)18(23)21-19-22(2)17-15(20)9-6-10-16(17)25-19/h5-10,12H,3-4,11H2,1-2H3. The van der Waals surface area contributed by atoms with Crippen molar-refractivity contribution in [3.63, 3.8) is 0 Å². The molecule has 0 bridgehead atoms. The van der Waals surface area contributed by atoms with Crippen molar-refractivity contribution in [2.45, 2.75) is 19.8 Å². The number of hydrogen-bond donors (Lipinski definition) is 0. The Morgan fingerprint density at radius 1 is 1.28 bits per heavy atom. The molecule has 2 aromatic carbocycles. The molecule has 4 nitrogen and oxygen atoms in total. The first-order chi connectivity index (χ1) is 12.1. The van der Waals surface area contributed by atoms with E-state index in [0.29, 0.717) is 27.7 Å². The van der Waals surface area contributed by atoms with E-state index in [9.17, 15) is 4.79 Å². The van der Waals surface area contributed by atoms with Gasteiger partial charge < -0.3 is 9.30 Å². The topological polar surface area (TPSA) is 43.6 Å². The van der Waals surface area contributed by atoms with Gasteiger partial charge >= 0.3 is 0 Å². The van der Waals surface area contributed by atoms with E-state index >= 15 is 0 Å². The van der Waals surface area contributed by atoms with Crippen LogP contribution in [0.4, 0.5) is 0 Å². The third-order valence-electron chi connectivity index (χ3n) is 3.82. The van der Waals surface area contributed by atoms with Crippen LogP contribution in [0.2, 0.25) is 5.02 Å². The van der Waals surface area contributed by atoms with Crippen molar-refractivity contribution in [3.05, 3.63) is 57.9 Å². The number of thiazole rings is 1. The molecule has 1 heterocycles. The molecule has 0 fully saturated rings. The van der Waals surface area contributed by atoms with E-state index in [1.807, 2.05) is 41.9 Å². The lowest BCUT2D eigenvalue weighted by atomic mass is 10.2. The van der Waals surface area contributed by atoms with Gasteiger partial charge in [0.1, 0.15) is 5.75 Å². The van der Waals surface area contributed by atoms with Crippen LogP contribution in [0.25, 0.3) is 10.2 Å². The van der Waals surface area contributed by atoms with Crippen molar-refractivity contribution in [2.24, 2.45) is 12.0 Å². The number of para-hydroxylation sites is 1. The molecule has 25 heavy (non-hydrogen) atoms. The summed E-state index contributed by atoms with van der Waals surface area (Å²) in [5.74, 6) is 0.400. The van der Waals surface area contributed by atoms with Crippen molar-refractivity contribution >= 4 is 39.1 Å². The Labute approximate surface area is 155 Å². The molecule has 0 N–H and O–H groups in total. The average molecular weight is 375 g/mol. The molecule has 1 aromatic heterocycles. The fourth-order valence-corrected chi connectivity index (χ4v) is 3.87. The molecular weight excluding hydrogens is 356 g/mol. The summed E-state index contributed by atoms with van der Waals surface area (Å²) in [4.78, 5) is 17.4.